The number of nitrogens with one attached hydrogen (secondary N) is 1. The van der Waals surface area contributed by atoms with Crippen LogP contribution in [0.25, 0.3) is 11.0 Å². The molecule has 0 saturated carbocycles. The van der Waals surface area contributed by atoms with Crippen LogP contribution in [0.3, 0.4) is 0 Å². The summed E-state index contributed by atoms with van der Waals surface area (Å²) in [6.45, 7) is 3.34. The molecule has 2 fully saturated rings. The van der Waals surface area contributed by atoms with E-state index in [9.17, 15) is 14.4 Å². The number of carboxylic acids is 2. The van der Waals surface area contributed by atoms with Crippen molar-refractivity contribution in [3.05, 3.63) is 48.2 Å². The molecule has 3 atom stereocenters. The molecule has 142 valence electrons. The fourth-order valence-corrected chi connectivity index (χ4v) is 3.45. The number of benzene rings is 1. The zero-order chi connectivity index (χ0) is 19.4. The lowest BCUT2D eigenvalue weighted by Gasteiger charge is -2.23. The fourth-order valence-electron chi connectivity index (χ4n) is 3.45. The summed E-state index contributed by atoms with van der Waals surface area (Å²) in [7, 11) is 0. The fraction of sp³-hybridized carbons (Fsp3) is 0.316. The third kappa shape index (κ3) is 4.73. The van der Waals surface area contributed by atoms with Crippen LogP contribution in [0.4, 0.5) is 0 Å². The van der Waals surface area contributed by atoms with Crippen LogP contribution >= 0.6 is 0 Å². The van der Waals surface area contributed by atoms with E-state index in [1.54, 1.807) is 6.26 Å². The molecule has 0 aliphatic carbocycles. The number of hydrogen-bond donors (Lipinski definition) is 3. The van der Waals surface area contributed by atoms with Gasteiger partial charge >= 0.3 is 11.9 Å². The Kier molecular flexibility index (Phi) is 5.56. The Hall–Kier alpha value is -3.13. The van der Waals surface area contributed by atoms with Gasteiger partial charge < -0.3 is 24.8 Å². The Balaban J connectivity index is 0.000000226. The molecule has 2 aliphatic rings. The molecule has 3 N–H and O–H groups in total. The van der Waals surface area contributed by atoms with Crippen molar-refractivity contribution in [2.24, 2.45) is 5.92 Å². The van der Waals surface area contributed by atoms with Gasteiger partial charge in [-0.2, -0.15) is 0 Å². The zero-order valence-electron chi connectivity index (χ0n) is 14.5. The van der Waals surface area contributed by atoms with Gasteiger partial charge in [0.15, 0.2) is 0 Å². The number of carboxylic acid groups (broad SMARTS) is 2. The van der Waals surface area contributed by atoms with Gasteiger partial charge in [-0.05, 0) is 43.1 Å². The summed E-state index contributed by atoms with van der Waals surface area (Å²) in [6, 6.07) is 7.78. The number of furan rings is 1. The molecule has 0 radical (unpaired) electrons. The smallest absolute Gasteiger partial charge is 0.328 e. The SMILES string of the molecule is O=C(N[C@@H]1CN2CC[C@@H]1C2)c1ccc2occc2c1.O=C(O)/C=C/C(=O)O. The van der Waals surface area contributed by atoms with E-state index in [1.165, 1.54) is 13.0 Å². The molecule has 4 rings (SSSR count). The van der Waals surface area contributed by atoms with Gasteiger partial charge in [0.25, 0.3) is 5.91 Å². The minimum Gasteiger partial charge on any atom is -0.478 e. The highest BCUT2D eigenvalue weighted by Gasteiger charge is 2.38. The van der Waals surface area contributed by atoms with Gasteiger partial charge in [0, 0.05) is 42.2 Å². The number of nitrogens with zero attached hydrogens (tertiary/aromatic N) is 1. The van der Waals surface area contributed by atoms with E-state index >= 15 is 0 Å². The van der Waals surface area contributed by atoms with Crippen LogP contribution in [0.5, 0.6) is 0 Å². The largest absolute Gasteiger partial charge is 0.478 e. The van der Waals surface area contributed by atoms with E-state index in [1.807, 2.05) is 24.3 Å². The van der Waals surface area contributed by atoms with Gasteiger partial charge in [-0.25, -0.2) is 9.59 Å². The van der Waals surface area contributed by atoms with Crippen LogP contribution in [0.2, 0.25) is 0 Å². The van der Waals surface area contributed by atoms with Crippen molar-refractivity contribution in [2.75, 3.05) is 19.6 Å². The molecule has 3 heterocycles. The van der Waals surface area contributed by atoms with E-state index in [4.69, 9.17) is 14.6 Å². The summed E-state index contributed by atoms with van der Waals surface area (Å²) in [5.41, 5.74) is 1.54. The van der Waals surface area contributed by atoms with Gasteiger partial charge in [-0.15, -0.1) is 0 Å². The van der Waals surface area contributed by atoms with Crippen molar-refractivity contribution in [1.82, 2.24) is 10.2 Å². The zero-order valence-corrected chi connectivity index (χ0v) is 14.5. The maximum absolute atomic E-state index is 12.3. The number of aliphatic carboxylic acids is 2. The Bertz CT molecular complexity index is 871. The summed E-state index contributed by atoms with van der Waals surface area (Å²) < 4.78 is 5.29. The van der Waals surface area contributed by atoms with E-state index < -0.39 is 11.9 Å². The molecule has 1 unspecified atom stereocenters. The average Bonchev–Trinajstić information content (AvgIpc) is 3.36. The first kappa shape index (κ1) is 18.7. The van der Waals surface area contributed by atoms with Gasteiger partial charge in [0.1, 0.15) is 5.58 Å². The summed E-state index contributed by atoms with van der Waals surface area (Å²) in [4.78, 5) is 33.8. The second kappa shape index (κ2) is 8.05. The minimum atomic E-state index is -1.26. The van der Waals surface area contributed by atoms with Crippen LogP contribution in [-0.4, -0.2) is 58.6 Å². The third-order valence-corrected chi connectivity index (χ3v) is 4.73. The number of fused-ring (bicyclic) bond motifs is 3. The van der Waals surface area contributed by atoms with Gasteiger partial charge in [-0.1, -0.05) is 0 Å². The Morgan fingerprint density at radius 1 is 1.11 bits per heavy atom. The Labute approximate surface area is 155 Å². The van der Waals surface area contributed by atoms with Crippen molar-refractivity contribution in [3.63, 3.8) is 0 Å². The molecule has 8 heteroatoms. The summed E-state index contributed by atoms with van der Waals surface area (Å²) in [6.07, 6.45) is 3.98. The number of carbonyl (C=O) groups excluding carboxylic acids is 1. The van der Waals surface area contributed by atoms with Crippen LogP contribution < -0.4 is 5.32 Å². The predicted octanol–water partition coefficient (Wildman–Crippen LogP) is 1.58. The molecular formula is C19H20N2O6. The van der Waals surface area contributed by atoms with Gasteiger partial charge in [0.2, 0.25) is 0 Å². The normalized spacial score (nSPS) is 23.2. The predicted molar refractivity (Wildman–Crippen MR) is 96.4 cm³/mol. The average molecular weight is 372 g/mol. The third-order valence-electron chi connectivity index (χ3n) is 4.73. The molecule has 2 saturated heterocycles. The highest BCUT2D eigenvalue weighted by Crippen LogP contribution is 2.28. The monoisotopic (exact) mass is 372 g/mol. The van der Waals surface area contributed by atoms with E-state index in [2.05, 4.69) is 10.2 Å². The number of rotatable bonds is 4. The molecule has 2 aromatic rings. The van der Waals surface area contributed by atoms with E-state index in [0.717, 1.165) is 24.1 Å². The van der Waals surface area contributed by atoms with Crippen LogP contribution in [-0.2, 0) is 9.59 Å². The maximum atomic E-state index is 12.3. The van der Waals surface area contributed by atoms with Crippen LogP contribution in [0.15, 0.2) is 47.1 Å². The molecule has 2 aliphatic heterocycles. The molecule has 1 aromatic heterocycles. The second-order valence-electron chi connectivity index (χ2n) is 6.57. The lowest BCUT2D eigenvalue weighted by atomic mass is 9.99. The standard InChI is InChI=1S/C15H16N2O2.C4H4O4/c18-15(16-13-9-17-5-3-12(13)8-17)11-1-2-14-10(7-11)4-6-19-14;5-3(6)1-2-4(7)8/h1-2,4,6-7,12-13H,3,5,8-9H2,(H,16,18);1-2H,(H,5,6)(H,7,8)/b;2-1+/t12-,13-;/m1./s1. The van der Waals surface area contributed by atoms with Crippen molar-refractivity contribution in [3.8, 4) is 0 Å². The molecular weight excluding hydrogens is 352 g/mol. The lowest BCUT2D eigenvalue weighted by molar-refractivity contribution is -0.134. The highest BCUT2D eigenvalue weighted by atomic mass is 16.4. The van der Waals surface area contributed by atoms with Gasteiger partial charge in [-0.3, -0.25) is 4.79 Å². The second-order valence-corrected chi connectivity index (χ2v) is 6.57. The van der Waals surface area contributed by atoms with Crippen LogP contribution in [0, 0.1) is 5.92 Å². The molecule has 0 spiro atoms. The Morgan fingerprint density at radius 2 is 1.85 bits per heavy atom. The first-order valence-electron chi connectivity index (χ1n) is 8.57. The lowest BCUT2D eigenvalue weighted by Crippen LogP contribution is -2.43. The number of piperidine rings is 1. The Morgan fingerprint density at radius 3 is 2.44 bits per heavy atom. The van der Waals surface area contributed by atoms with Gasteiger partial charge in [0.05, 0.1) is 6.26 Å². The van der Waals surface area contributed by atoms with Crippen molar-refractivity contribution in [2.45, 2.75) is 12.5 Å². The first-order valence-corrected chi connectivity index (χ1v) is 8.57. The van der Waals surface area contributed by atoms with E-state index in [0.29, 0.717) is 29.7 Å². The summed E-state index contributed by atoms with van der Waals surface area (Å²) >= 11 is 0. The molecule has 8 nitrogen and oxygen atoms in total. The maximum Gasteiger partial charge on any atom is 0.328 e. The van der Waals surface area contributed by atoms with Crippen molar-refractivity contribution in [1.29, 1.82) is 0 Å². The topological polar surface area (TPSA) is 120 Å². The molecule has 1 aromatic carbocycles. The first-order chi connectivity index (χ1) is 12.9. The van der Waals surface area contributed by atoms with Crippen LogP contribution in [0.1, 0.15) is 16.8 Å². The van der Waals surface area contributed by atoms with Crippen molar-refractivity contribution < 1.29 is 29.0 Å². The number of amides is 1. The summed E-state index contributed by atoms with van der Waals surface area (Å²) in [5, 5.41) is 19.8. The van der Waals surface area contributed by atoms with Crippen molar-refractivity contribution >= 4 is 28.8 Å². The molecule has 1 amide bonds. The summed E-state index contributed by atoms with van der Waals surface area (Å²) in [5.74, 6) is -1.84. The molecule has 27 heavy (non-hydrogen) atoms. The number of carbonyl (C=O) groups is 3. The quantitative estimate of drug-likeness (QED) is 0.697. The number of hydrogen-bond acceptors (Lipinski definition) is 5. The minimum absolute atomic E-state index is 0.0295. The molecule has 2 bridgehead atoms. The highest BCUT2D eigenvalue weighted by molar-refractivity contribution is 5.98. The van der Waals surface area contributed by atoms with E-state index in [-0.39, 0.29) is 5.91 Å².